The lowest BCUT2D eigenvalue weighted by molar-refractivity contribution is 0.310. The zero-order chi connectivity index (χ0) is 13.9. The summed E-state index contributed by atoms with van der Waals surface area (Å²) >= 11 is 0. The third-order valence-electron chi connectivity index (χ3n) is 2.72. The fourth-order valence-corrected chi connectivity index (χ4v) is 1.82. The van der Waals surface area contributed by atoms with E-state index < -0.39 is 0 Å². The van der Waals surface area contributed by atoms with Crippen molar-refractivity contribution >= 4 is 5.65 Å². The van der Waals surface area contributed by atoms with Crippen molar-refractivity contribution in [2.45, 2.75) is 0 Å². The Balaban J connectivity index is 2.10. The smallest absolute Gasteiger partial charge is 0.231 e. The Morgan fingerprint density at radius 3 is 2.80 bits per heavy atom. The molecule has 102 valence electrons. The van der Waals surface area contributed by atoms with E-state index in [1.807, 2.05) is 0 Å². The summed E-state index contributed by atoms with van der Waals surface area (Å²) < 4.78 is 20.6. The molecule has 1 aromatic carbocycles. The van der Waals surface area contributed by atoms with E-state index >= 15 is 0 Å². The first-order valence-electron chi connectivity index (χ1n) is 6.10. The normalized spacial score (nSPS) is 10.9. The molecule has 0 aliphatic heterocycles. The second-order valence-electron chi connectivity index (χ2n) is 4.08. The van der Waals surface area contributed by atoms with Crippen molar-refractivity contribution in [3.05, 3.63) is 42.2 Å². The Morgan fingerprint density at radius 1 is 1.15 bits per heavy atom. The van der Waals surface area contributed by atoms with Crippen molar-refractivity contribution in [2.24, 2.45) is 5.73 Å². The molecule has 3 rings (SSSR count). The number of ether oxygens (including phenoxy) is 1. The number of aromatic nitrogens is 4. The molecule has 0 amide bonds. The highest BCUT2D eigenvalue weighted by Crippen LogP contribution is 2.21. The van der Waals surface area contributed by atoms with Crippen molar-refractivity contribution in [3.63, 3.8) is 0 Å². The van der Waals surface area contributed by atoms with E-state index in [0.717, 1.165) is 0 Å². The van der Waals surface area contributed by atoms with Gasteiger partial charge in [-0.25, -0.2) is 4.39 Å². The van der Waals surface area contributed by atoms with Gasteiger partial charge in [0, 0.05) is 12.6 Å². The van der Waals surface area contributed by atoms with Gasteiger partial charge in [0.2, 0.25) is 5.88 Å². The first-order valence-corrected chi connectivity index (χ1v) is 6.10. The van der Waals surface area contributed by atoms with Gasteiger partial charge in [-0.15, -0.1) is 15.3 Å². The van der Waals surface area contributed by atoms with E-state index in [-0.39, 0.29) is 5.82 Å². The van der Waals surface area contributed by atoms with E-state index in [9.17, 15) is 4.39 Å². The molecule has 2 heterocycles. The third-order valence-corrected chi connectivity index (χ3v) is 2.72. The van der Waals surface area contributed by atoms with E-state index in [2.05, 4.69) is 15.3 Å². The molecule has 0 saturated heterocycles. The second kappa shape index (κ2) is 5.22. The van der Waals surface area contributed by atoms with Gasteiger partial charge in [-0.05, 0) is 18.2 Å². The molecule has 0 fully saturated rings. The molecule has 0 saturated carbocycles. The monoisotopic (exact) mass is 273 g/mol. The van der Waals surface area contributed by atoms with Gasteiger partial charge in [0.05, 0.1) is 5.56 Å². The van der Waals surface area contributed by atoms with E-state index in [4.69, 9.17) is 10.5 Å². The van der Waals surface area contributed by atoms with Crippen LogP contribution in [0.25, 0.3) is 17.0 Å². The van der Waals surface area contributed by atoms with Gasteiger partial charge < -0.3 is 10.5 Å². The minimum absolute atomic E-state index is 0.330. The average molecular weight is 273 g/mol. The number of hydrogen-bond acceptors (Lipinski definition) is 5. The number of benzene rings is 1. The molecule has 0 radical (unpaired) electrons. The van der Waals surface area contributed by atoms with Crippen molar-refractivity contribution in [1.29, 1.82) is 0 Å². The van der Waals surface area contributed by atoms with E-state index in [1.165, 1.54) is 10.6 Å². The standard InChI is InChI=1S/C13H12FN5O/c14-10-4-2-1-3-9(10)13-17-16-11-5-6-12(18-19(11)13)20-8-7-15/h1-6H,7-8,15H2. The van der Waals surface area contributed by atoms with Gasteiger partial charge >= 0.3 is 0 Å². The lowest BCUT2D eigenvalue weighted by Crippen LogP contribution is -2.12. The number of nitrogens with two attached hydrogens (primary N) is 1. The first kappa shape index (κ1) is 12.5. The van der Waals surface area contributed by atoms with Crippen LogP contribution in [-0.4, -0.2) is 33.0 Å². The maximum Gasteiger partial charge on any atom is 0.231 e. The zero-order valence-electron chi connectivity index (χ0n) is 10.5. The number of rotatable bonds is 4. The summed E-state index contributed by atoms with van der Waals surface area (Å²) in [6.45, 7) is 0.748. The van der Waals surface area contributed by atoms with Crippen LogP contribution in [0.3, 0.4) is 0 Å². The average Bonchev–Trinajstić information content (AvgIpc) is 2.88. The quantitative estimate of drug-likeness (QED) is 0.774. The summed E-state index contributed by atoms with van der Waals surface area (Å²) in [4.78, 5) is 0. The van der Waals surface area contributed by atoms with Crippen LogP contribution < -0.4 is 10.5 Å². The zero-order valence-corrected chi connectivity index (χ0v) is 10.5. The molecule has 2 aromatic heterocycles. The lowest BCUT2D eigenvalue weighted by Gasteiger charge is -2.04. The van der Waals surface area contributed by atoms with Crippen LogP contribution in [0.2, 0.25) is 0 Å². The van der Waals surface area contributed by atoms with Crippen LogP contribution in [0.1, 0.15) is 0 Å². The minimum Gasteiger partial charge on any atom is -0.475 e. The summed E-state index contributed by atoms with van der Waals surface area (Å²) in [6, 6.07) is 9.71. The molecular weight excluding hydrogens is 261 g/mol. The van der Waals surface area contributed by atoms with Crippen molar-refractivity contribution in [1.82, 2.24) is 19.8 Å². The third kappa shape index (κ3) is 2.19. The lowest BCUT2D eigenvalue weighted by atomic mass is 10.2. The number of hydrogen-bond donors (Lipinski definition) is 1. The topological polar surface area (TPSA) is 78.3 Å². The summed E-state index contributed by atoms with van der Waals surface area (Å²) in [5.74, 6) is 0.341. The Labute approximate surface area is 114 Å². The molecule has 6 nitrogen and oxygen atoms in total. The molecular formula is C13H12FN5O. The molecule has 0 bridgehead atoms. The highest BCUT2D eigenvalue weighted by Gasteiger charge is 2.13. The summed E-state index contributed by atoms with van der Waals surface area (Å²) in [7, 11) is 0. The van der Waals surface area contributed by atoms with Gasteiger partial charge in [-0.1, -0.05) is 12.1 Å². The molecule has 20 heavy (non-hydrogen) atoms. The fraction of sp³-hybridized carbons (Fsp3) is 0.154. The van der Waals surface area contributed by atoms with Crippen molar-refractivity contribution in [3.8, 4) is 17.3 Å². The first-order chi connectivity index (χ1) is 9.79. The van der Waals surface area contributed by atoms with Crippen LogP contribution in [0, 0.1) is 5.82 Å². The van der Waals surface area contributed by atoms with E-state index in [0.29, 0.717) is 36.1 Å². The maximum atomic E-state index is 13.8. The molecule has 0 unspecified atom stereocenters. The molecule has 3 aromatic rings. The van der Waals surface area contributed by atoms with Gasteiger partial charge in [-0.3, -0.25) is 0 Å². The van der Waals surface area contributed by atoms with Crippen LogP contribution in [0.5, 0.6) is 5.88 Å². The fourth-order valence-electron chi connectivity index (χ4n) is 1.82. The number of nitrogens with zero attached hydrogens (tertiary/aromatic N) is 4. The van der Waals surface area contributed by atoms with Crippen molar-refractivity contribution in [2.75, 3.05) is 13.2 Å². The molecule has 0 spiro atoms. The predicted octanol–water partition coefficient (Wildman–Crippen LogP) is 1.27. The summed E-state index contributed by atoms with van der Waals surface area (Å²) in [5.41, 5.74) is 6.23. The van der Waals surface area contributed by atoms with Crippen molar-refractivity contribution < 1.29 is 9.13 Å². The van der Waals surface area contributed by atoms with E-state index in [1.54, 1.807) is 30.3 Å². The highest BCUT2D eigenvalue weighted by molar-refractivity contribution is 5.59. The van der Waals surface area contributed by atoms with Gasteiger partial charge in [-0.2, -0.15) is 4.52 Å². The van der Waals surface area contributed by atoms with Crippen LogP contribution in [0.4, 0.5) is 4.39 Å². The Morgan fingerprint density at radius 2 is 2.00 bits per heavy atom. The largest absolute Gasteiger partial charge is 0.475 e. The molecule has 2 N–H and O–H groups in total. The molecule has 7 heteroatoms. The SMILES string of the molecule is NCCOc1ccc2nnc(-c3ccccc3F)n2n1. The predicted molar refractivity (Wildman–Crippen MR) is 70.7 cm³/mol. The number of halogens is 1. The maximum absolute atomic E-state index is 13.8. The van der Waals surface area contributed by atoms with Crippen LogP contribution in [-0.2, 0) is 0 Å². The molecule has 0 aliphatic rings. The summed E-state index contributed by atoms with van der Waals surface area (Å²) in [5, 5.41) is 12.2. The van der Waals surface area contributed by atoms with Gasteiger partial charge in [0.1, 0.15) is 12.4 Å². The second-order valence-corrected chi connectivity index (χ2v) is 4.08. The van der Waals surface area contributed by atoms with Gasteiger partial charge in [0.15, 0.2) is 11.5 Å². The highest BCUT2D eigenvalue weighted by atomic mass is 19.1. The van der Waals surface area contributed by atoms with Crippen LogP contribution in [0.15, 0.2) is 36.4 Å². The summed E-state index contributed by atoms with van der Waals surface area (Å²) in [6.07, 6.45) is 0. The van der Waals surface area contributed by atoms with Crippen LogP contribution >= 0.6 is 0 Å². The minimum atomic E-state index is -0.378. The number of fused-ring (bicyclic) bond motifs is 1. The Hall–Kier alpha value is -2.54. The Kier molecular flexibility index (Phi) is 3.26. The molecule has 0 aliphatic carbocycles. The Bertz CT molecular complexity index is 742. The van der Waals surface area contributed by atoms with Gasteiger partial charge in [0.25, 0.3) is 0 Å². The molecule has 0 atom stereocenters.